The Labute approximate surface area is 441 Å². The van der Waals surface area contributed by atoms with Crippen LogP contribution in [-0.2, 0) is 66.4 Å². The monoisotopic (exact) mass is 1060 g/mol. The van der Waals surface area contributed by atoms with Gasteiger partial charge in [0, 0.05) is 77.7 Å². The van der Waals surface area contributed by atoms with Crippen molar-refractivity contribution >= 4 is 24.5 Å². The lowest BCUT2D eigenvalue weighted by Crippen LogP contribution is -2.34. The Hall–Kier alpha value is -4.10. The molecule has 0 aliphatic rings. The zero-order chi connectivity index (χ0) is 57.0. The number of rotatable bonds is 34. The number of aliphatic hydroxyl groups excluding tert-OH is 4. The first-order valence-electron chi connectivity index (χ1n) is 24.6. The second-order valence-electron chi connectivity index (χ2n) is 15.6. The Kier molecular flexibility index (Phi) is 56.9. The predicted molar refractivity (Wildman–Crippen MR) is 280 cm³/mol. The minimum absolute atomic E-state index is 0.0273. The van der Waals surface area contributed by atoms with Crippen molar-refractivity contribution in [2.45, 2.75) is 160 Å². The van der Waals surface area contributed by atoms with Gasteiger partial charge >= 0.3 is 11.9 Å². The molecule has 0 aromatic heterocycles. The summed E-state index contributed by atoms with van der Waals surface area (Å²) in [5, 5.41) is 36.1. The smallest absolute Gasteiger partial charge is 0.338 e. The van der Waals surface area contributed by atoms with E-state index in [2.05, 4.69) is 29.9 Å². The minimum atomic E-state index is -0.727. The third-order valence-corrected chi connectivity index (χ3v) is 9.97. The Morgan fingerprint density at radius 3 is 1.14 bits per heavy atom. The number of methoxy groups -OCH3 is 10. The van der Waals surface area contributed by atoms with E-state index in [-0.39, 0.29) is 18.7 Å². The molecule has 2 aromatic carbocycles. The highest BCUT2D eigenvalue weighted by Crippen LogP contribution is 2.16. The molecule has 0 fully saturated rings. The SMILES string of the molecule is C=CCC(O)C(OC)OC.CCCCC(O)C(OC)OC.CCCCC(O)C=O.CCCCC(OC(=O)c1ccccc1)C(OC)OC.COC(C=O)OC.COC(OC)C(CCCO)OC(=O)c1ccccc1. The van der Waals surface area contributed by atoms with E-state index >= 15 is 0 Å². The molecule has 5 atom stereocenters. The summed E-state index contributed by atoms with van der Waals surface area (Å²) in [6, 6.07) is 17.7. The molecule has 0 spiro atoms. The van der Waals surface area contributed by atoms with Crippen LogP contribution >= 0.6 is 0 Å². The van der Waals surface area contributed by atoms with Gasteiger partial charge in [0.1, 0.15) is 24.6 Å². The van der Waals surface area contributed by atoms with Crippen LogP contribution in [0.25, 0.3) is 0 Å². The van der Waals surface area contributed by atoms with Crippen LogP contribution in [0.1, 0.15) is 119 Å². The van der Waals surface area contributed by atoms with Crippen LogP contribution in [0.15, 0.2) is 73.3 Å². The average molecular weight is 1060 g/mol. The lowest BCUT2D eigenvalue weighted by Gasteiger charge is -2.24. The number of aliphatic hydroxyl groups is 4. The highest BCUT2D eigenvalue weighted by molar-refractivity contribution is 5.89. The molecule has 0 radical (unpaired) electrons. The van der Waals surface area contributed by atoms with E-state index in [0.717, 1.165) is 51.4 Å². The zero-order valence-corrected chi connectivity index (χ0v) is 46.5. The van der Waals surface area contributed by atoms with Gasteiger partial charge in [-0.1, -0.05) is 95.3 Å². The minimum Gasteiger partial charge on any atom is -0.453 e. The Morgan fingerprint density at radius 1 is 0.486 bits per heavy atom. The largest absolute Gasteiger partial charge is 0.453 e. The molecular formula is C54H94O20. The summed E-state index contributed by atoms with van der Waals surface area (Å²) in [6.45, 7) is 9.71. The van der Waals surface area contributed by atoms with Gasteiger partial charge in [0.15, 0.2) is 43.7 Å². The molecule has 2 aromatic rings. The van der Waals surface area contributed by atoms with Gasteiger partial charge in [-0.25, -0.2) is 9.59 Å². The number of carbonyl (C=O) groups is 4. The maximum absolute atomic E-state index is 12.0. The second-order valence-corrected chi connectivity index (χ2v) is 15.6. The van der Waals surface area contributed by atoms with Crippen LogP contribution in [0.5, 0.6) is 0 Å². The molecular weight excluding hydrogens is 969 g/mol. The molecule has 74 heavy (non-hydrogen) atoms. The van der Waals surface area contributed by atoms with Crippen molar-refractivity contribution in [2.24, 2.45) is 0 Å². The van der Waals surface area contributed by atoms with Crippen molar-refractivity contribution < 1.29 is 96.4 Å². The molecule has 5 unspecified atom stereocenters. The second kappa shape index (κ2) is 55.1. The number of carbonyl (C=O) groups excluding carboxylic acids is 4. The molecule has 2 rings (SSSR count). The van der Waals surface area contributed by atoms with Crippen molar-refractivity contribution in [2.75, 3.05) is 77.7 Å². The molecule has 20 nitrogen and oxygen atoms in total. The third kappa shape index (κ3) is 40.2. The summed E-state index contributed by atoms with van der Waals surface area (Å²) in [5.41, 5.74) is 1.01. The van der Waals surface area contributed by atoms with Crippen molar-refractivity contribution in [3.8, 4) is 0 Å². The highest BCUT2D eigenvalue weighted by atomic mass is 16.7. The fourth-order valence-corrected chi connectivity index (χ4v) is 5.90. The molecule has 20 heteroatoms. The Balaban J connectivity index is -0.000000415. The number of hydrogen-bond donors (Lipinski definition) is 4. The molecule has 0 heterocycles. The van der Waals surface area contributed by atoms with Crippen molar-refractivity contribution in [1.82, 2.24) is 0 Å². The lowest BCUT2D eigenvalue weighted by molar-refractivity contribution is -0.167. The molecule has 0 saturated heterocycles. The van der Waals surface area contributed by atoms with Gasteiger partial charge in [0.05, 0.1) is 11.1 Å². The van der Waals surface area contributed by atoms with Crippen molar-refractivity contribution in [3.05, 3.63) is 84.4 Å². The Morgan fingerprint density at radius 2 is 0.838 bits per heavy atom. The van der Waals surface area contributed by atoms with Gasteiger partial charge in [-0.15, -0.1) is 6.58 Å². The quantitative estimate of drug-likeness (QED) is 0.0241. The zero-order valence-electron chi connectivity index (χ0n) is 46.5. The summed E-state index contributed by atoms with van der Waals surface area (Å²) < 4.78 is 59.8. The van der Waals surface area contributed by atoms with Crippen LogP contribution in [0.4, 0.5) is 0 Å². The molecule has 0 bridgehead atoms. The van der Waals surface area contributed by atoms with Crippen molar-refractivity contribution in [3.63, 3.8) is 0 Å². The normalized spacial score (nSPS) is 12.6. The summed E-state index contributed by atoms with van der Waals surface area (Å²) in [4.78, 5) is 43.5. The average Bonchev–Trinajstić information content (AvgIpc) is 3.43. The number of ether oxygens (including phenoxy) is 12. The molecule has 430 valence electrons. The van der Waals surface area contributed by atoms with Crippen LogP contribution in [0.3, 0.4) is 0 Å². The van der Waals surface area contributed by atoms with E-state index in [0.29, 0.717) is 49.4 Å². The van der Waals surface area contributed by atoms with Crippen LogP contribution in [0.2, 0.25) is 0 Å². The van der Waals surface area contributed by atoms with Gasteiger partial charge < -0.3 is 82.1 Å². The predicted octanol–water partition coefficient (Wildman–Crippen LogP) is 6.86. The fraction of sp³-hybridized carbons (Fsp3) is 0.667. The number of unbranched alkanes of at least 4 members (excludes halogenated alkanes) is 3. The van der Waals surface area contributed by atoms with Crippen molar-refractivity contribution in [1.29, 1.82) is 0 Å². The molecule has 4 N–H and O–H groups in total. The van der Waals surface area contributed by atoms with E-state index in [4.69, 9.17) is 57.6 Å². The van der Waals surface area contributed by atoms with Crippen LogP contribution < -0.4 is 0 Å². The van der Waals surface area contributed by atoms with E-state index in [1.807, 2.05) is 31.2 Å². The fourth-order valence-electron chi connectivity index (χ4n) is 5.90. The number of hydrogen-bond acceptors (Lipinski definition) is 20. The first-order valence-corrected chi connectivity index (χ1v) is 24.6. The molecule has 0 saturated carbocycles. The summed E-state index contributed by atoms with van der Waals surface area (Å²) in [6.07, 6.45) is 6.70. The summed E-state index contributed by atoms with van der Waals surface area (Å²) in [7, 11) is 14.9. The van der Waals surface area contributed by atoms with E-state index < -0.39 is 61.8 Å². The number of aldehydes is 2. The Bertz CT molecular complexity index is 1450. The van der Waals surface area contributed by atoms with Crippen LogP contribution in [0, 0.1) is 0 Å². The van der Waals surface area contributed by atoms with Gasteiger partial charge in [-0.05, 0) is 69.2 Å². The van der Waals surface area contributed by atoms with E-state index in [1.54, 1.807) is 56.7 Å². The maximum atomic E-state index is 12.0. The first-order chi connectivity index (χ1) is 35.6. The lowest BCUT2D eigenvalue weighted by atomic mass is 10.1. The maximum Gasteiger partial charge on any atom is 0.338 e. The highest BCUT2D eigenvalue weighted by Gasteiger charge is 2.26. The third-order valence-electron chi connectivity index (χ3n) is 9.97. The van der Waals surface area contributed by atoms with Gasteiger partial charge in [-0.3, -0.25) is 4.79 Å². The van der Waals surface area contributed by atoms with E-state index in [9.17, 15) is 29.4 Å². The molecule has 0 amide bonds. The van der Waals surface area contributed by atoms with E-state index in [1.165, 1.54) is 56.9 Å². The molecule has 0 aliphatic heterocycles. The molecule has 0 aliphatic carbocycles. The number of benzene rings is 2. The first kappa shape index (κ1) is 76.4. The van der Waals surface area contributed by atoms with Gasteiger partial charge in [-0.2, -0.15) is 0 Å². The van der Waals surface area contributed by atoms with Crippen LogP contribution in [-0.4, -0.2) is 185 Å². The summed E-state index contributed by atoms with van der Waals surface area (Å²) >= 11 is 0. The topological polar surface area (TPSA) is 260 Å². The summed E-state index contributed by atoms with van der Waals surface area (Å²) in [5.74, 6) is -0.775. The standard InChI is InChI=1S/C15H22O4.C14H20O5.C8H18O3.C7H14O3.C6H12O2.C4H8O3/c1-4-5-11-13(15(17-2)18-3)19-14(16)12-9-7-6-8-10-12;1-17-14(18-2)12(9-6-10-15)19-13(16)11-7-4-3-5-8-11;1-4-5-6-7(9)8(10-2)11-3;1-4-5-6(8)7(9-2)10-3;1-2-3-4-6(8)5-7;1-6-4(3-5)7-2/h6-10,13,15H,4-5,11H2,1-3H3;3-5,7-8,12,14-15H,6,9-10H2,1-2H3;7-9H,4-6H2,1-3H3;4,6-8H,1,5H2,2-3H3;5-6,8H,2-4H2,1H3;3-4H,1-2H3. The number of esters is 2. The van der Waals surface area contributed by atoms with Gasteiger partial charge in [0.25, 0.3) is 0 Å². The van der Waals surface area contributed by atoms with Gasteiger partial charge in [0.2, 0.25) is 6.29 Å².